The van der Waals surface area contributed by atoms with Gasteiger partial charge in [-0.2, -0.15) is 8.99 Å². The summed E-state index contributed by atoms with van der Waals surface area (Å²) in [6, 6.07) is 22.8. The number of fused-ring (bicyclic) bond motifs is 1. The molecule has 3 aromatic carbocycles. The SMILES string of the molecule is O=S(=O)(c1ccc2ccccc2c1)N1CCN(Cc2nnnn2-c2ccccc2)CC1. The van der Waals surface area contributed by atoms with E-state index in [0.29, 0.717) is 37.6 Å². The van der Waals surface area contributed by atoms with Crippen LogP contribution in [-0.4, -0.2) is 64.0 Å². The number of hydrogen-bond donors (Lipinski definition) is 0. The van der Waals surface area contributed by atoms with Crippen LogP contribution in [0.3, 0.4) is 0 Å². The molecule has 1 fully saturated rings. The van der Waals surface area contributed by atoms with Crippen molar-refractivity contribution in [3.8, 4) is 5.69 Å². The fourth-order valence-electron chi connectivity index (χ4n) is 3.88. The molecule has 1 aromatic heterocycles. The first-order chi connectivity index (χ1) is 15.1. The van der Waals surface area contributed by atoms with Crippen molar-refractivity contribution < 1.29 is 8.42 Å². The molecule has 0 amide bonds. The van der Waals surface area contributed by atoms with Crippen LogP contribution in [-0.2, 0) is 16.6 Å². The van der Waals surface area contributed by atoms with Crippen LogP contribution in [0, 0.1) is 0 Å². The highest BCUT2D eigenvalue weighted by molar-refractivity contribution is 7.89. The average molecular weight is 435 g/mol. The van der Waals surface area contributed by atoms with E-state index in [4.69, 9.17) is 0 Å². The zero-order valence-electron chi connectivity index (χ0n) is 16.9. The highest BCUT2D eigenvalue weighted by Gasteiger charge is 2.29. The van der Waals surface area contributed by atoms with E-state index < -0.39 is 10.0 Å². The molecule has 0 saturated carbocycles. The lowest BCUT2D eigenvalue weighted by Crippen LogP contribution is -2.48. The summed E-state index contributed by atoms with van der Waals surface area (Å²) in [5.74, 6) is 0.733. The number of para-hydroxylation sites is 1. The molecule has 2 heterocycles. The number of sulfonamides is 1. The molecule has 0 radical (unpaired) electrons. The third kappa shape index (κ3) is 3.95. The lowest BCUT2D eigenvalue weighted by atomic mass is 10.1. The highest BCUT2D eigenvalue weighted by atomic mass is 32.2. The molecule has 1 aliphatic heterocycles. The summed E-state index contributed by atoms with van der Waals surface area (Å²) in [5, 5.41) is 14.0. The number of benzene rings is 3. The number of piperazine rings is 1. The van der Waals surface area contributed by atoms with Crippen LogP contribution in [0.4, 0.5) is 0 Å². The topological polar surface area (TPSA) is 84.2 Å². The van der Waals surface area contributed by atoms with E-state index in [1.165, 1.54) is 0 Å². The van der Waals surface area contributed by atoms with Crippen LogP contribution in [0.1, 0.15) is 5.82 Å². The summed E-state index contributed by atoms with van der Waals surface area (Å²) in [7, 11) is -3.53. The maximum atomic E-state index is 13.2. The zero-order valence-corrected chi connectivity index (χ0v) is 17.7. The molecule has 158 valence electrons. The Morgan fingerprint density at radius 2 is 1.52 bits per heavy atom. The molecular formula is C22H22N6O2S. The molecule has 0 unspecified atom stereocenters. The molecule has 0 N–H and O–H groups in total. The smallest absolute Gasteiger partial charge is 0.243 e. The molecule has 0 bridgehead atoms. The Morgan fingerprint density at radius 1 is 0.806 bits per heavy atom. The molecule has 8 nitrogen and oxygen atoms in total. The zero-order chi connectivity index (χ0) is 21.3. The number of aromatic nitrogens is 4. The van der Waals surface area contributed by atoms with Gasteiger partial charge in [0.2, 0.25) is 10.0 Å². The Morgan fingerprint density at radius 3 is 2.29 bits per heavy atom. The van der Waals surface area contributed by atoms with Crippen LogP contribution < -0.4 is 0 Å². The molecule has 1 aliphatic rings. The average Bonchev–Trinajstić information content (AvgIpc) is 3.28. The summed E-state index contributed by atoms with van der Waals surface area (Å²) in [6.07, 6.45) is 0. The van der Waals surface area contributed by atoms with Gasteiger partial charge in [0.05, 0.1) is 17.1 Å². The second-order valence-corrected chi connectivity index (χ2v) is 9.47. The first kappa shape index (κ1) is 19.8. The summed E-state index contributed by atoms with van der Waals surface area (Å²) >= 11 is 0. The van der Waals surface area contributed by atoms with Gasteiger partial charge in [-0.25, -0.2) is 8.42 Å². The van der Waals surface area contributed by atoms with Gasteiger partial charge in [0.1, 0.15) is 0 Å². The van der Waals surface area contributed by atoms with Crippen molar-refractivity contribution in [2.45, 2.75) is 11.4 Å². The fourth-order valence-corrected chi connectivity index (χ4v) is 5.34. The molecule has 0 atom stereocenters. The van der Waals surface area contributed by atoms with Crippen molar-refractivity contribution >= 4 is 20.8 Å². The van der Waals surface area contributed by atoms with Crippen molar-refractivity contribution in [2.75, 3.05) is 26.2 Å². The molecule has 0 spiro atoms. The van der Waals surface area contributed by atoms with Gasteiger partial charge in [0, 0.05) is 26.2 Å². The van der Waals surface area contributed by atoms with Gasteiger partial charge in [-0.05, 0) is 45.5 Å². The Balaban J connectivity index is 1.28. The standard InChI is InChI=1S/C22H22N6O2S/c29-31(30,21-11-10-18-6-4-5-7-19(18)16-21)27-14-12-26(13-15-27)17-22-23-24-25-28(22)20-8-2-1-3-9-20/h1-11,16H,12-15,17H2. The van der Waals surface area contributed by atoms with Gasteiger partial charge in [-0.3, -0.25) is 4.90 Å². The summed E-state index contributed by atoms with van der Waals surface area (Å²) in [5.41, 5.74) is 0.903. The van der Waals surface area contributed by atoms with E-state index in [2.05, 4.69) is 20.4 Å². The van der Waals surface area contributed by atoms with Crippen molar-refractivity contribution in [1.82, 2.24) is 29.4 Å². The lowest BCUT2D eigenvalue weighted by molar-refractivity contribution is 0.177. The summed E-state index contributed by atoms with van der Waals surface area (Å²) < 4.78 is 29.6. The molecule has 4 aromatic rings. The Kier molecular flexibility index (Phi) is 5.23. The molecule has 5 rings (SSSR count). The minimum Gasteiger partial charge on any atom is -0.293 e. The molecular weight excluding hydrogens is 412 g/mol. The number of tetrazole rings is 1. The van der Waals surface area contributed by atoms with E-state index in [1.54, 1.807) is 21.1 Å². The van der Waals surface area contributed by atoms with Gasteiger partial charge < -0.3 is 0 Å². The first-order valence-corrected chi connectivity index (χ1v) is 11.6. The quantitative estimate of drug-likeness (QED) is 0.479. The maximum absolute atomic E-state index is 13.2. The van der Waals surface area contributed by atoms with Crippen LogP contribution in [0.2, 0.25) is 0 Å². The molecule has 0 aliphatic carbocycles. The predicted octanol–water partition coefficient (Wildman–Crippen LogP) is 2.32. The van der Waals surface area contributed by atoms with E-state index in [1.807, 2.05) is 60.7 Å². The van der Waals surface area contributed by atoms with Gasteiger partial charge in [-0.1, -0.05) is 48.5 Å². The second kappa shape index (κ2) is 8.18. The van der Waals surface area contributed by atoms with Crippen LogP contribution in [0.15, 0.2) is 77.7 Å². The van der Waals surface area contributed by atoms with Crippen molar-refractivity contribution in [1.29, 1.82) is 0 Å². The molecule has 9 heteroatoms. The number of rotatable bonds is 5. The van der Waals surface area contributed by atoms with Gasteiger partial charge in [0.25, 0.3) is 0 Å². The summed E-state index contributed by atoms with van der Waals surface area (Å²) in [6.45, 7) is 2.67. The van der Waals surface area contributed by atoms with Crippen LogP contribution >= 0.6 is 0 Å². The second-order valence-electron chi connectivity index (χ2n) is 7.53. The van der Waals surface area contributed by atoms with Gasteiger partial charge >= 0.3 is 0 Å². The van der Waals surface area contributed by atoms with Gasteiger partial charge in [0.15, 0.2) is 5.82 Å². The van der Waals surface area contributed by atoms with E-state index in [0.717, 1.165) is 22.3 Å². The number of nitrogens with zero attached hydrogens (tertiary/aromatic N) is 6. The lowest BCUT2D eigenvalue weighted by Gasteiger charge is -2.33. The monoisotopic (exact) mass is 434 g/mol. The largest absolute Gasteiger partial charge is 0.293 e. The van der Waals surface area contributed by atoms with Crippen LogP contribution in [0.25, 0.3) is 16.5 Å². The van der Waals surface area contributed by atoms with E-state index >= 15 is 0 Å². The van der Waals surface area contributed by atoms with Crippen molar-refractivity contribution in [3.05, 3.63) is 78.6 Å². The Hall–Kier alpha value is -3.14. The molecule has 1 saturated heterocycles. The third-order valence-corrected chi connectivity index (χ3v) is 7.48. The van der Waals surface area contributed by atoms with Crippen LogP contribution in [0.5, 0.6) is 0 Å². The Bertz CT molecular complexity index is 1300. The predicted molar refractivity (Wildman–Crippen MR) is 117 cm³/mol. The minimum absolute atomic E-state index is 0.340. The molecule has 31 heavy (non-hydrogen) atoms. The normalized spacial score (nSPS) is 16.0. The van der Waals surface area contributed by atoms with E-state index in [-0.39, 0.29) is 0 Å². The fraction of sp³-hybridized carbons (Fsp3) is 0.227. The minimum atomic E-state index is -3.53. The first-order valence-electron chi connectivity index (χ1n) is 10.2. The summed E-state index contributed by atoms with van der Waals surface area (Å²) in [4.78, 5) is 2.52. The third-order valence-electron chi connectivity index (χ3n) is 5.59. The van der Waals surface area contributed by atoms with E-state index in [9.17, 15) is 8.42 Å². The Labute approximate surface area is 180 Å². The highest BCUT2D eigenvalue weighted by Crippen LogP contribution is 2.23. The van der Waals surface area contributed by atoms with Gasteiger partial charge in [-0.15, -0.1) is 5.10 Å². The van der Waals surface area contributed by atoms with Crippen molar-refractivity contribution in [3.63, 3.8) is 0 Å². The maximum Gasteiger partial charge on any atom is 0.243 e. The van der Waals surface area contributed by atoms with Crippen molar-refractivity contribution in [2.24, 2.45) is 0 Å². The number of hydrogen-bond acceptors (Lipinski definition) is 6.